The molecular weight excluding hydrogens is 146 g/mol. The Bertz CT molecular complexity index is 108. The smallest absolute Gasteiger partial charge is 0.0664 e. The van der Waals surface area contributed by atoms with E-state index in [4.69, 9.17) is 10.2 Å². The average Bonchev–Trinajstić information content (AvgIpc) is 2.05. The van der Waals surface area contributed by atoms with Crippen molar-refractivity contribution in [1.29, 1.82) is 0 Å². The third-order valence-electron chi connectivity index (χ3n) is 2.25. The number of aliphatic hydroxyl groups is 3. The van der Waals surface area contributed by atoms with Crippen molar-refractivity contribution in [1.82, 2.24) is 5.32 Å². The van der Waals surface area contributed by atoms with E-state index < -0.39 is 6.10 Å². The molecule has 1 unspecified atom stereocenters. The van der Waals surface area contributed by atoms with Gasteiger partial charge in [-0.15, -0.1) is 0 Å². The number of nitrogens with one attached hydrogen (secondary N) is 1. The second kappa shape index (κ2) is 4.01. The van der Waals surface area contributed by atoms with Gasteiger partial charge in [0.05, 0.1) is 6.10 Å². The van der Waals surface area contributed by atoms with Crippen molar-refractivity contribution in [2.75, 3.05) is 26.3 Å². The number of rotatable bonds is 2. The minimum absolute atomic E-state index is 0.0231. The highest BCUT2D eigenvalue weighted by molar-refractivity contribution is 4.83. The van der Waals surface area contributed by atoms with Crippen molar-refractivity contribution in [2.24, 2.45) is 11.8 Å². The van der Waals surface area contributed by atoms with Crippen LogP contribution in [0, 0.1) is 11.8 Å². The van der Waals surface area contributed by atoms with Crippen LogP contribution in [-0.4, -0.2) is 47.7 Å². The van der Waals surface area contributed by atoms with Crippen molar-refractivity contribution in [3.05, 3.63) is 0 Å². The summed E-state index contributed by atoms with van der Waals surface area (Å²) in [4.78, 5) is 0. The zero-order valence-corrected chi connectivity index (χ0v) is 6.40. The van der Waals surface area contributed by atoms with Crippen molar-refractivity contribution in [3.63, 3.8) is 0 Å². The zero-order chi connectivity index (χ0) is 8.27. The summed E-state index contributed by atoms with van der Waals surface area (Å²) in [6.07, 6.45) is -0.564. The van der Waals surface area contributed by atoms with Crippen LogP contribution >= 0.6 is 0 Å². The van der Waals surface area contributed by atoms with Gasteiger partial charge >= 0.3 is 0 Å². The molecule has 3 atom stereocenters. The van der Waals surface area contributed by atoms with Crippen LogP contribution in [0.1, 0.15) is 0 Å². The number of aliphatic hydroxyl groups excluding tert-OH is 3. The Morgan fingerprint density at radius 2 is 1.55 bits per heavy atom. The molecule has 0 aromatic rings. The number of hydrogen-bond acceptors (Lipinski definition) is 4. The predicted octanol–water partition coefficient (Wildman–Crippen LogP) is -1.83. The molecule has 1 aliphatic heterocycles. The molecule has 4 nitrogen and oxygen atoms in total. The maximum Gasteiger partial charge on any atom is 0.0664 e. The molecule has 11 heavy (non-hydrogen) atoms. The second-order valence-electron chi connectivity index (χ2n) is 3.03. The highest BCUT2D eigenvalue weighted by Gasteiger charge is 2.30. The highest BCUT2D eigenvalue weighted by atomic mass is 16.3. The molecule has 1 rings (SSSR count). The average molecular weight is 161 g/mol. The minimum atomic E-state index is -0.564. The van der Waals surface area contributed by atoms with E-state index in [1.165, 1.54) is 0 Å². The van der Waals surface area contributed by atoms with Gasteiger partial charge in [-0.1, -0.05) is 0 Å². The normalized spacial score (nSPS) is 39.0. The van der Waals surface area contributed by atoms with Crippen LogP contribution in [-0.2, 0) is 0 Å². The fourth-order valence-corrected chi connectivity index (χ4v) is 1.43. The van der Waals surface area contributed by atoms with Gasteiger partial charge in [-0.3, -0.25) is 0 Å². The van der Waals surface area contributed by atoms with E-state index in [0.29, 0.717) is 13.1 Å². The van der Waals surface area contributed by atoms with E-state index >= 15 is 0 Å². The summed E-state index contributed by atoms with van der Waals surface area (Å²) in [6.45, 7) is 1.22. The summed E-state index contributed by atoms with van der Waals surface area (Å²) in [5, 5.41) is 30.1. The van der Waals surface area contributed by atoms with Gasteiger partial charge in [-0.2, -0.15) is 0 Å². The summed E-state index contributed by atoms with van der Waals surface area (Å²) in [5.41, 5.74) is 0. The molecule has 0 aliphatic carbocycles. The quantitative estimate of drug-likeness (QED) is 0.384. The van der Waals surface area contributed by atoms with E-state index in [9.17, 15) is 5.11 Å². The fraction of sp³-hybridized carbons (Fsp3) is 1.00. The lowest BCUT2D eigenvalue weighted by atomic mass is 9.88. The second-order valence-corrected chi connectivity index (χ2v) is 3.03. The SMILES string of the molecule is OC[C@@H]1CNC[C@H](CO)C1O. The Hall–Kier alpha value is -0.160. The Balaban J connectivity index is 2.45. The first-order valence-corrected chi connectivity index (χ1v) is 3.90. The molecule has 66 valence electrons. The van der Waals surface area contributed by atoms with Crippen molar-refractivity contribution in [3.8, 4) is 0 Å². The molecule has 4 N–H and O–H groups in total. The summed E-state index contributed by atoms with van der Waals surface area (Å²) in [6, 6.07) is 0. The van der Waals surface area contributed by atoms with Gasteiger partial charge in [-0.05, 0) is 0 Å². The molecule has 4 heteroatoms. The zero-order valence-electron chi connectivity index (χ0n) is 6.40. The van der Waals surface area contributed by atoms with Crippen molar-refractivity contribution < 1.29 is 15.3 Å². The third-order valence-corrected chi connectivity index (χ3v) is 2.25. The van der Waals surface area contributed by atoms with Crippen LogP contribution in [0.4, 0.5) is 0 Å². The number of hydrogen-bond donors (Lipinski definition) is 4. The lowest BCUT2D eigenvalue weighted by molar-refractivity contribution is -0.0167. The van der Waals surface area contributed by atoms with Gasteiger partial charge in [0.15, 0.2) is 0 Å². The van der Waals surface area contributed by atoms with E-state index in [1.807, 2.05) is 0 Å². The monoisotopic (exact) mass is 161 g/mol. The van der Waals surface area contributed by atoms with Gasteiger partial charge in [0.1, 0.15) is 0 Å². The van der Waals surface area contributed by atoms with Crippen LogP contribution < -0.4 is 5.32 Å². The summed E-state index contributed by atoms with van der Waals surface area (Å²) >= 11 is 0. The summed E-state index contributed by atoms with van der Waals surface area (Å²) in [7, 11) is 0. The molecule has 0 spiro atoms. The third kappa shape index (κ3) is 1.90. The molecule has 1 saturated heterocycles. The van der Waals surface area contributed by atoms with Gasteiger partial charge in [0, 0.05) is 38.1 Å². The van der Waals surface area contributed by atoms with Gasteiger partial charge in [0.25, 0.3) is 0 Å². The molecule has 1 aliphatic rings. The van der Waals surface area contributed by atoms with E-state index in [2.05, 4.69) is 5.32 Å². The Morgan fingerprint density at radius 3 is 1.91 bits per heavy atom. The summed E-state index contributed by atoms with van der Waals surface area (Å²) < 4.78 is 0. The van der Waals surface area contributed by atoms with E-state index in [-0.39, 0.29) is 25.0 Å². The molecule has 0 bridgehead atoms. The molecule has 0 aromatic carbocycles. The first kappa shape index (κ1) is 8.93. The van der Waals surface area contributed by atoms with Crippen LogP contribution in [0.5, 0.6) is 0 Å². The highest BCUT2D eigenvalue weighted by Crippen LogP contribution is 2.15. The maximum atomic E-state index is 9.47. The lowest BCUT2D eigenvalue weighted by Gasteiger charge is -2.33. The van der Waals surface area contributed by atoms with Crippen molar-refractivity contribution in [2.45, 2.75) is 6.10 Å². The van der Waals surface area contributed by atoms with Crippen LogP contribution in [0.3, 0.4) is 0 Å². The molecular formula is C7H15NO3. The standard InChI is InChI=1S/C7H15NO3/c9-3-5-1-8-2-6(4-10)7(5)11/h5-11H,1-4H2/t5-,6+,7?. The molecule has 1 heterocycles. The molecule has 0 radical (unpaired) electrons. The summed E-state index contributed by atoms with van der Waals surface area (Å²) in [5.74, 6) is -0.248. The van der Waals surface area contributed by atoms with Gasteiger partial charge in [-0.25, -0.2) is 0 Å². The Morgan fingerprint density at radius 1 is 1.09 bits per heavy atom. The van der Waals surface area contributed by atoms with Crippen LogP contribution in [0.25, 0.3) is 0 Å². The molecule has 0 amide bonds. The fourth-order valence-electron chi connectivity index (χ4n) is 1.43. The first-order chi connectivity index (χ1) is 5.29. The van der Waals surface area contributed by atoms with Crippen molar-refractivity contribution >= 4 is 0 Å². The molecule has 0 saturated carbocycles. The largest absolute Gasteiger partial charge is 0.396 e. The maximum absolute atomic E-state index is 9.47. The van der Waals surface area contributed by atoms with Gasteiger partial charge < -0.3 is 20.6 Å². The number of piperidine rings is 1. The Kier molecular flexibility index (Phi) is 3.26. The minimum Gasteiger partial charge on any atom is -0.396 e. The predicted molar refractivity (Wildman–Crippen MR) is 40.0 cm³/mol. The topological polar surface area (TPSA) is 72.7 Å². The van der Waals surface area contributed by atoms with Gasteiger partial charge in [0.2, 0.25) is 0 Å². The Labute approximate surface area is 65.9 Å². The van der Waals surface area contributed by atoms with E-state index in [0.717, 1.165) is 0 Å². The lowest BCUT2D eigenvalue weighted by Crippen LogP contribution is -2.49. The van der Waals surface area contributed by atoms with Crippen LogP contribution in [0.2, 0.25) is 0 Å². The van der Waals surface area contributed by atoms with Crippen LogP contribution in [0.15, 0.2) is 0 Å². The molecule has 0 aromatic heterocycles. The molecule has 1 fully saturated rings. The van der Waals surface area contributed by atoms with E-state index in [1.54, 1.807) is 0 Å². The first-order valence-electron chi connectivity index (χ1n) is 3.90.